The van der Waals surface area contributed by atoms with Gasteiger partial charge in [0.1, 0.15) is 5.82 Å². The number of likely N-dealkylation sites (tertiary alicyclic amines) is 1. The maximum Gasteiger partial charge on any atom is 0.241 e. The Labute approximate surface area is 192 Å². The van der Waals surface area contributed by atoms with E-state index in [4.69, 9.17) is 11.6 Å². The van der Waals surface area contributed by atoms with Gasteiger partial charge in [-0.05, 0) is 42.2 Å². The summed E-state index contributed by atoms with van der Waals surface area (Å²) in [6, 6.07) is 12.8. The third-order valence-electron chi connectivity index (χ3n) is 6.64. The molecule has 1 atom stereocenters. The molecule has 0 spiro atoms. The van der Waals surface area contributed by atoms with E-state index in [0.717, 1.165) is 31.2 Å². The topological polar surface area (TPSA) is 57.7 Å². The van der Waals surface area contributed by atoms with Crippen molar-refractivity contribution in [3.63, 3.8) is 0 Å². The first kappa shape index (κ1) is 22.5. The van der Waals surface area contributed by atoms with Gasteiger partial charge >= 0.3 is 0 Å². The fourth-order valence-electron chi connectivity index (χ4n) is 4.93. The maximum absolute atomic E-state index is 13.8. The Balaban J connectivity index is 1.64. The van der Waals surface area contributed by atoms with Crippen molar-refractivity contribution < 1.29 is 18.8 Å². The molecule has 2 aliphatic rings. The van der Waals surface area contributed by atoms with Gasteiger partial charge in [0.15, 0.2) is 0 Å². The van der Waals surface area contributed by atoms with Crippen LogP contribution < -0.4 is 0 Å². The molecule has 32 heavy (non-hydrogen) atoms. The standard InChI is InChI=1S/C25H26ClFN2O3/c1-28(16-17-10-12-18(27)13-11-17)22(30)14-25(20-8-4-5-9-21(20)26)15-23(31)29(24(25)32)19-6-2-3-7-19/h4-5,8-13,19H,2-3,6-7,14-16H2,1H3. The lowest BCUT2D eigenvalue weighted by atomic mass is 9.75. The van der Waals surface area contributed by atoms with E-state index in [2.05, 4.69) is 0 Å². The van der Waals surface area contributed by atoms with Crippen molar-refractivity contribution in [2.24, 2.45) is 0 Å². The van der Waals surface area contributed by atoms with Crippen LogP contribution in [0.4, 0.5) is 4.39 Å². The fraction of sp³-hybridized carbons (Fsp3) is 0.400. The van der Waals surface area contributed by atoms with E-state index in [1.54, 1.807) is 43.4 Å². The third-order valence-corrected chi connectivity index (χ3v) is 6.97. The van der Waals surface area contributed by atoms with E-state index in [9.17, 15) is 18.8 Å². The van der Waals surface area contributed by atoms with E-state index in [0.29, 0.717) is 10.6 Å². The number of carbonyl (C=O) groups excluding carboxylic acids is 3. The van der Waals surface area contributed by atoms with E-state index >= 15 is 0 Å². The first-order valence-electron chi connectivity index (χ1n) is 10.9. The van der Waals surface area contributed by atoms with Crippen molar-refractivity contribution in [1.29, 1.82) is 0 Å². The molecule has 0 bridgehead atoms. The first-order valence-corrected chi connectivity index (χ1v) is 11.3. The van der Waals surface area contributed by atoms with Gasteiger partial charge < -0.3 is 4.90 Å². The summed E-state index contributed by atoms with van der Waals surface area (Å²) < 4.78 is 13.2. The molecule has 7 heteroatoms. The lowest BCUT2D eigenvalue weighted by molar-refractivity contribution is -0.144. The quantitative estimate of drug-likeness (QED) is 0.603. The summed E-state index contributed by atoms with van der Waals surface area (Å²) in [5.74, 6) is -1.19. The average Bonchev–Trinajstić information content (AvgIpc) is 3.37. The molecule has 2 aromatic rings. The van der Waals surface area contributed by atoms with Gasteiger partial charge in [-0.25, -0.2) is 4.39 Å². The van der Waals surface area contributed by atoms with Crippen molar-refractivity contribution in [2.75, 3.05) is 7.05 Å². The number of nitrogens with zero attached hydrogens (tertiary/aromatic N) is 2. The molecule has 0 radical (unpaired) electrons. The number of imide groups is 1. The molecule has 1 saturated heterocycles. The highest BCUT2D eigenvalue weighted by atomic mass is 35.5. The van der Waals surface area contributed by atoms with E-state index in [1.165, 1.54) is 21.9 Å². The second-order valence-electron chi connectivity index (χ2n) is 8.80. The Hall–Kier alpha value is -2.73. The molecule has 1 aliphatic heterocycles. The molecule has 1 heterocycles. The summed E-state index contributed by atoms with van der Waals surface area (Å²) in [4.78, 5) is 43.0. The summed E-state index contributed by atoms with van der Waals surface area (Å²) >= 11 is 6.48. The van der Waals surface area contributed by atoms with Gasteiger partial charge in [-0.2, -0.15) is 0 Å². The van der Waals surface area contributed by atoms with Gasteiger partial charge in [-0.15, -0.1) is 0 Å². The highest BCUT2D eigenvalue weighted by molar-refractivity contribution is 6.32. The number of carbonyl (C=O) groups is 3. The molecule has 168 valence electrons. The number of rotatable bonds is 6. The Morgan fingerprint density at radius 3 is 2.44 bits per heavy atom. The molecule has 0 N–H and O–H groups in total. The van der Waals surface area contributed by atoms with Crippen LogP contribution in [-0.4, -0.2) is 40.6 Å². The lowest BCUT2D eigenvalue weighted by Gasteiger charge is -2.31. The third kappa shape index (κ3) is 4.16. The maximum atomic E-state index is 13.8. The summed E-state index contributed by atoms with van der Waals surface area (Å²) in [5, 5.41) is 0.371. The molecule has 5 nitrogen and oxygen atoms in total. The molecule has 1 unspecified atom stereocenters. The number of halogens is 2. The molecule has 3 amide bonds. The van der Waals surface area contributed by atoms with Crippen molar-refractivity contribution in [1.82, 2.24) is 9.80 Å². The van der Waals surface area contributed by atoms with Crippen LogP contribution >= 0.6 is 11.6 Å². The van der Waals surface area contributed by atoms with Crippen LogP contribution in [0.2, 0.25) is 5.02 Å². The second kappa shape index (κ2) is 9.02. The van der Waals surface area contributed by atoms with Crippen LogP contribution in [0, 0.1) is 5.82 Å². The monoisotopic (exact) mass is 456 g/mol. The number of hydrogen-bond donors (Lipinski definition) is 0. The van der Waals surface area contributed by atoms with Crippen molar-refractivity contribution >= 4 is 29.3 Å². The number of amides is 3. The van der Waals surface area contributed by atoms with E-state index in [1.807, 2.05) is 0 Å². The van der Waals surface area contributed by atoms with E-state index in [-0.39, 0.29) is 49.0 Å². The minimum Gasteiger partial charge on any atom is -0.341 e. The SMILES string of the molecule is CN(Cc1ccc(F)cc1)C(=O)CC1(c2ccccc2Cl)CC(=O)N(C2CCCC2)C1=O. The predicted octanol–water partition coefficient (Wildman–Crippen LogP) is 4.47. The molecule has 2 aromatic carbocycles. The van der Waals surface area contributed by atoms with Crippen LogP contribution in [0.5, 0.6) is 0 Å². The van der Waals surface area contributed by atoms with Crippen LogP contribution in [0.25, 0.3) is 0 Å². The largest absolute Gasteiger partial charge is 0.341 e. The Morgan fingerprint density at radius 2 is 1.78 bits per heavy atom. The molecule has 0 aromatic heterocycles. The van der Waals surface area contributed by atoms with Gasteiger partial charge in [0.25, 0.3) is 0 Å². The second-order valence-corrected chi connectivity index (χ2v) is 9.21. The normalized spacial score (nSPS) is 21.4. The van der Waals surface area contributed by atoms with Gasteiger partial charge in [-0.1, -0.05) is 54.8 Å². The average molecular weight is 457 g/mol. The highest BCUT2D eigenvalue weighted by Gasteiger charge is 2.56. The van der Waals surface area contributed by atoms with Crippen molar-refractivity contribution in [2.45, 2.75) is 56.5 Å². The predicted molar refractivity (Wildman–Crippen MR) is 119 cm³/mol. The fourth-order valence-corrected chi connectivity index (χ4v) is 5.25. The lowest BCUT2D eigenvalue weighted by Crippen LogP contribution is -2.45. The Kier molecular flexibility index (Phi) is 6.33. The van der Waals surface area contributed by atoms with Crippen LogP contribution in [0.1, 0.15) is 49.7 Å². The minimum absolute atomic E-state index is 0.0673. The number of hydrogen-bond acceptors (Lipinski definition) is 3. The summed E-state index contributed by atoms with van der Waals surface area (Å²) in [6.45, 7) is 0.270. The molecule has 1 aliphatic carbocycles. The Morgan fingerprint density at radius 1 is 1.12 bits per heavy atom. The van der Waals surface area contributed by atoms with Crippen LogP contribution in [-0.2, 0) is 26.3 Å². The number of benzene rings is 2. The smallest absolute Gasteiger partial charge is 0.241 e. The molecule has 1 saturated carbocycles. The molecular formula is C25H26ClFN2O3. The zero-order valence-electron chi connectivity index (χ0n) is 18.0. The summed E-state index contributed by atoms with van der Waals surface area (Å²) in [7, 11) is 1.64. The van der Waals surface area contributed by atoms with Crippen molar-refractivity contribution in [3.8, 4) is 0 Å². The van der Waals surface area contributed by atoms with Crippen molar-refractivity contribution in [3.05, 3.63) is 70.5 Å². The zero-order chi connectivity index (χ0) is 22.9. The minimum atomic E-state index is -1.31. The molecular weight excluding hydrogens is 431 g/mol. The highest BCUT2D eigenvalue weighted by Crippen LogP contribution is 2.45. The Bertz CT molecular complexity index is 1040. The summed E-state index contributed by atoms with van der Waals surface area (Å²) in [5.41, 5.74) is -0.0221. The van der Waals surface area contributed by atoms with Gasteiger partial charge in [0.05, 0.1) is 5.41 Å². The van der Waals surface area contributed by atoms with Gasteiger partial charge in [-0.3, -0.25) is 19.3 Å². The van der Waals surface area contributed by atoms with Gasteiger partial charge in [0, 0.05) is 37.5 Å². The van der Waals surface area contributed by atoms with Crippen LogP contribution in [0.15, 0.2) is 48.5 Å². The van der Waals surface area contributed by atoms with Crippen LogP contribution in [0.3, 0.4) is 0 Å². The summed E-state index contributed by atoms with van der Waals surface area (Å²) in [6.07, 6.45) is 3.35. The zero-order valence-corrected chi connectivity index (χ0v) is 18.8. The molecule has 4 rings (SSSR count). The van der Waals surface area contributed by atoms with E-state index < -0.39 is 5.41 Å². The first-order chi connectivity index (χ1) is 15.3. The molecule has 2 fully saturated rings. The van der Waals surface area contributed by atoms with Gasteiger partial charge in [0.2, 0.25) is 17.7 Å².